The summed E-state index contributed by atoms with van der Waals surface area (Å²) in [7, 11) is 0. The van der Waals surface area contributed by atoms with E-state index in [-0.39, 0.29) is 6.61 Å². The zero-order valence-corrected chi connectivity index (χ0v) is 12.4. The van der Waals surface area contributed by atoms with Crippen LogP contribution in [0.15, 0.2) is 42.5 Å². The van der Waals surface area contributed by atoms with Gasteiger partial charge in [0.15, 0.2) is 0 Å². The monoisotopic (exact) mass is 319 g/mol. The maximum absolute atomic E-state index is 12.5. The van der Waals surface area contributed by atoms with Gasteiger partial charge in [0, 0.05) is 12.1 Å². The van der Waals surface area contributed by atoms with E-state index in [1.54, 1.807) is 0 Å². The van der Waals surface area contributed by atoms with Crippen LogP contribution in [0.1, 0.15) is 28.7 Å². The molecule has 1 aliphatic rings. The lowest BCUT2D eigenvalue weighted by Crippen LogP contribution is -2.12. The topological polar surface area (TPSA) is 33.1 Å². The molecule has 5 heteroatoms. The quantitative estimate of drug-likeness (QED) is 0.866. The maximum Gasteiger partial charge on any atom is 0.416 e. The molecule has 0 amide bonds. The Labute approximate surface area is 132 Å². The van der Waals surface area contributed by atoms with Crippen molar-refractivity contribution in [3.05, 3.63) is 64.7 Å². The molecule has 0 saturated carbocycles. The largest absolute Gasteiger partial charge is 0.489 e. The van der Waals surface area contributed by atoms with Gasteiger partial charge in [-0.25, -0.2) is 0 Å². The Morgan fingerprint density at radius 3 is 2.39 bits per heavy atom. The Bertz CT molecular complexity index is 720. The number of fused-ring (bicyclic) bond motifs is 1. The summed E-state index contributed by atoms with van der Waals surface area (Å²) in [5, 5.41) is 7.72. The second-order valence-electron chi connectivity index (χ2n) is 5.69. The van der Waals surface area contributed by atoms with Gasteiger partial charge >= 0.3 is 6.18 Å². The molecular formula is C18H16F3NO. The van der Waals surface area contributed by atoms with Gasteiger partial charge in [0.05, 0.1) is 5.56 Å². The van der Waals surface area contributed by atoms with Crippen molar-refractivity contribution in [3.8, 4) is 5.75 Å². The number of benzene rings is 2. The average molecular weight is 319 g/mol. The highest BCUT2D eigenvalue weighted by Gasteiger charge is 2.29. The first kappa shape index (κ1) is 15.6. The van der Waals surface area contributed by atoms with E-state index in [1.807, 2.05) is 18.2 Å². The Kier molecular flexibility index (Phi) is 4.11. The van der Waals surface area contributed by atoms with Crippen LogP contribution < -0.4 is 4.74 Å². The molecule has 1 N–H and O–H groups in total. The van der Waals surface area contributed by atoms with Crippen molar-refractivity contribution in [3.63, 3.8) is 0 Å². The van der Waals surface area contributed by atoms with E-state index in [0.717, 1.165) is 36.2 Å². The summed E-state index contributed by atoms with van der Waals surface area (Å²) in [5.74, 6) is 0.706. The predicted molar refractivity (Wildman–Crippen MR) is 82.0 cm³/mol. The Balaban J connectivity index is 1.65. The van der Waals surface area contributed by atoms with Crippen molar-refractivity contribution >= 4 is 5.71 Å². The van der Waals surface area contributed by atoms with Gasteiger partial charge in [-0.05, 0) is 53.8 Å². The van der Waals surface area contributed by atoms with Gasteiger partial charge in [0.25, 0.3) is 0 Å². The van der Waals surface area contributed by atoms with E-state index in [2.05, 4.69) is 0 Å². The summed E-state index contributed by atoms with van der Waals surface area (Å²) in [6.45, 7) is 0.229. The fraction of sp³-hybridized carbons (Fsp3) is 0.278. The minimum Gasteiger partial charge on any atom is -0.489 e. The van der Waals surface area contributed by atoms with Crippen molar-refractivity contribution in [2.75, 3.05) is 0 Å². The van der Waals surface area contributed by atoms with Crippen LogP contribution >= 0.6 is 0 Å². The third kappa shape index (κ3) is 3.73. The number of alkyl halides is 3. The summed E-state index contributed by atoms with van der Waals surface area (Å²) >= 11 is 0. The highest BCUT2D eigenvalue weighted by atomic mass is 19.4. The second kappa shape index (κ2) is 6.07. The summed E-state index contributed by atoms with van der Waals surface area (Å²) in [6.07, 6.45) is -2.01. The van der Waals surface area contributed by atoms with E-state index in [0.29, 0.717) is 17.7 Å². The average Bonchev–Trinajstić information content (AvgIpc) is 2.52. The lowest BCUT2D eigenvalue weighted by Gasteiger charge is -2.17. The van der Waals surface area contributed by atoms with Gasteiger partial charge in [-0.2, -0.15) is 13.2 Å². The molecule has 0 fully saturated rings. The number of hydrogen-bond acceptors (Lipinski definition) is 2. The van der Waals surface area contributed by atoms with E-state index >= 15 is 0 Å². The maximum atomic E-state index is 12.5. The smallest absolute Gasteiger partial charge is 0.416 e. The normalized spacial score (nSPS) is 14.5. The van der Waals surface area contributed by atoms with Crippen molar-refractivity contribution in [2.45, 2.75) is 32.0 Å². The van der Waals surface area contributed by atoms with Crippen LogP contribution in [0.25, 0.3) is 0 Å². The molecule has 3 rings (SSSR count). The van der Waals surface area contributed by atoms with Crippen molar-refractivity contribution in [1.82, 2.24) is 0 Å². The first-order valence-corrected chi connectivity index (χ1v) is 7.39. The molecule has 0 atom stereocenters. The lowest BCUT2D eigenvalue weighted by atomic mass is 9.90. The molecule has 0 saturated heterocycles. The second-order valence-corrected chi connectivity index (χ2v) is 5.69. The van der Waals surface area contributed by atoms with Gasteiger partial charge in [-0.15, -0.1) is 0 Å². The minimum absolute atomic E-state index is 0.229. The molecule has 2 aromatic carbocycles. The Hall–Kier alpha value is -2.30. The van der Waals surface area contributed by atoms with Crippen LogP contribution in [-0.4, -0.2) is 5.71 Å². The highest BCUT2D eigenvalue weighted by molar-refractivity contribution is 5.85. The summed E-state index contributed by atoms with van der Waals surface area (Å²) in [4.78, 5) is 0. The van der Waals surface area contributed by atoms with E-state index in [9.17, 15) is 13.2 Å². The van der Waals surface area contributed by atoms with Gasteiger partial charge in [0.1, 0.15) is 12.4 Å². The SMILES string of the molecule is N=C1CCc2cc(OCc3ccc(C(F)(F)F)cc3)ccc2C1. The third-order valence-electron chi connectivity index (χ3n) is 3.96. The number of aryl methyl sites for hydroxylation is 1. The summed E-state index contributed by atoms with van der Waals surface area (Å²) in [5.41, 5.74) is 3.12. The molecule has 120 valence electrons. The first-order chi connectivity index (χ1) is 10.9. The Morgan fingerprint density at radius 1 is 0.957 bits per heavy atom. The fourth-order valence-corrected chi connectivity index (χ4v) is 2.66. The molecule has 1 aliphatic carbocycles. The molecule has 0 spiro atoms. The third-order valence-corrected chi connectivity index (χ3v) is 3.96. The molecule has 0 heterocycles. The number of nitrogens with one attached hydrogen (secondary N) is 1. The van der Waals surface area contributed by atoms with E-state index in [4.69, 9.17) is 10.1 Å². The molecule has 0 aliphatic heterocycles. The zero-order valence-electron chi connectivity index (χ0n) is 12.4. The first-order valence-electron chi connectivity index (χ1n) is 7.39. The number of rotatable bonds is 3. The van der Waals surface area contributed by atoms with Crippen LogP contribution in [-0.2, 0) is 25.6 Å². The summed E-state index contributed by atoms with van der Waals surface area (Å²) in [6, 6.07) is 10.8. The number of ether oxygens (including phenoxy) is 1. The highest BCUT2D eigenvalue weighted by Crippen LogP contribution is 2.29. The molecule has 23 heavy (non-hydrogen) atoms. The molecule has 2 aromatic rings. The van der Waals surface area contributed by atoms with Crippen LogP contribution in [0, 0.1) is 5.41 Å². The summed E-state index contributed by atoms with van der Waals surface area (Å²) < 4.78 is 43.2. The standard InChI is InChI=1S/C18H16F3NO/c19-18(20,21)15-5-1-12(2-6-15)11-23-17-8-4-13-9-16(22)7-3-14(13)10-17/h1-2,4-6,8,10,22H,3,7,9,11H2. The molecule has 2 nitrogen and oxygen atoms in total. The number of halogens is 3. The van der Waals surface area contributed by atoms with Crippen LogP contribution in [0.3, 0.4) is 0 Å². The van der Waals surface area contributed by atoms with Crippen molar-refractivity contribution < 1.29 is 17.9 Å². The molecule has 0 aromatic heterocycles. The van der Waals surface area contributed by atoms with Gasteiger partial charge in [-0.3, -0.25) is 0 Å². The lowest BCUT2D eigenvalue weighted by molar-refractivity contribution is -0.137. The Morgan fingerprint density at radius 2 is 1.70 bits per heavy atom. The van der Waals surface area contributed by atoms with Crippen LogP contribution in [0.4, 0.5) is 13.2 Å². The number of hydrogen-bond donors (Lipinski definition) is 1. The van der Waals surface area contributed by atoms with Crippen molar-refractivity contribution in [1.29, 1.82) is 5.41 Å². The predicted octanol–water partition coefficient (Wildman–Crippen LogP) is 4.79. The minimum atomic E-state index is -4.31. The van der Waals surface area contributed by atoms with Crippen LogP contribution in [0.2, 0.25) is 0 Å². The van der Waals surface area contributed by atoms with Crippen molar-refractivity contribution in [2.24, 2.45) is 0 Å². The van der Waals surface area contributed by atoms with E-state index in [1.165, 1.54) is 17.7 Å². The molecule has 0 radical (unpaired) electrons. The molecular weight excluding hydrogens is 303 g/mol. The molecule has 0 unspecified atom stereocenters. The van der Waals surface area contributed by atoms with Gasteiger partial charge in [0.2, 0.25) is 0 Å². The van der Waals surface area contributed by atoms with E-state index < -0.39 is 11.7 Å². The van der Waals surface area contributed by atoms with Crippen LogP contribution in [0.5, 0.6) is 5.75 Å². The zero-order chi connectivity index (χ0) is 16.4. The molecule has 0 bridgehead atoms. The fourth-order valence-electron chi connectivity index (χ4n) is 2.66. The van der Waals surface area contributed by atoms with Gasteiger partial charge < -0.3 is 10.1 Å². The van der Waals surface area contributed by atoms with Gasteiger partial charge in [-0.1, -0.05) is 18.2 Å².